The van der Waals surface area contributed by atoms with Gasteiger partial charge in [-0.1, -0.05) is 84.9 Å². The highest BCUT2D eigenvalue weighted by molar-refractivity contribution is 6.28. The number of aliphatic carboxylic acids is 1. The fourth-order valence-electron chi connectivity index (χ4n) is 7.20. The zero-order valence-corrected chi connectivity index (χ0v) is 23.8. The van der Waals surface area contributed by atoms with Crippen molar-refractivity contribution < 1.29 is 29.1 Å². The number of nitrogens with zero attached hydrogens (tertiary/aromatic N) is 1. The molecule has 8 nitrogen and oxygen atoms in total. The zero-order chi connectivity index (χ0) is 30.7. The Morgan fingerprint density at radius 1 is 0.750 bits per heavy atom. The summed E-state index contributed by atoms with van der Waals surface area (Å²) in [5, 5.41) is 14.0. The molecule has 0 radical (unpaired) electrons. The van der Waals surface area contributed by atoms with Crippen LogP contribution in [0.2, 0.25) is 0 Å². The summed E-state index contributed by atoms with van der Waals surface area (Å²) in [5.41, 5.74) is 2.26. The van der Waals surface area contributed by atoms with Crippen molar-refractivity contribution in [3.05, 3.63) is 142 Å². The lowest BCUT2D eigenvalue weighted by molar-refractivity contribution is -0.151. The summed E-state index contributed by atoms with van der Waals surface area (Å²) in [4.78, 5) is 69.1. The standard InChI is InChI=1S/C36H28N2O6/c1-20-9-5-6-12-23(20)30-28-29(36(37-30,35(43)44)18-21-10-3-2-4-11-21)34(42)38(33(28)41)19-22-15-16-26-27(17-22)32(40)25-14-8-7-13-24(25)31(26)39/h2-17,28-30,37H,18-19H2,1H3,(H,43,44). The molecule has 0 aromatic heterocycles. The lowest BCUT2D eigenvalue weighted by Gasteiger charge is -2.31. The molecule has 2 N–H and O–H groups in total. The number of nitrogens with one attached hydrogen (secondary N) is 1. The minimum absolute atomic E-state index is 0.00838. The van der Waals surface area contributed by atoms with Crippen molar-refractivity contribution in [1.29, 1.82) is 0 Å². The largest absolute Gasteiger partial charge is 0.480 e. The highest BCUT2D eigenvalue weighted by Crippen LogP contribution is 2.51. The van der Waals surface area contributed by atoms with E-state index < -0.39 is 41.2 Å². The summed E-state index contributed by atoms with van der Waals surface area (Å²) in [5.74, 6) is -4.92. The minimum Gasteiger partial charge on any atom is -0.480 e. The smallest absolute Gasteiger partial charge is 0.325 e. The number of carbonyl (C=O) groups excluding carboxylic acids is 4. The van der Waals surface area contributed by atoms with Crippen LogP contribution in [0.25, 0.3) is 0 Å². The van der Waals surface area contributed by atoms with Crippen LogP contribution in [0.15, 0.2) is 97.1 Å². The molecule has 2 aliphatic heterocycles. The van der Waals surface area contributed by atoms with Gasteiger partial charge in [0, 0.05) is 34.7 Å². The maximum atomic E-state index is 14.2. The average Bonchev–Trinajstić information content (AvgIpc) is 3.50. The average molecular weight is 585 g/mol. The van der Waals surface area contributed by atoms with Gasteiger partial charge in [0.05, 0.1) is 18.4 Å². The van der Waals surface area contributed by atoms with Crippen molar-refractivity contribution in [3.63, 3.8) is 0 Å². The Bertz CT molecular complexity index is 1900. The maximum absolute atomic E-state index is 14.2. The van der Waals surface area contributed by atoms with Gasteiger partial charge in [0.25, 0.3) is 0 Å². The van der Waals surface area contributed by atoms with Gasteiger partial charge in [0.1, 0.15) is 5.54 Å². The third kappa shape index (κ3) is 4.06. The van der Waals surface area contributed by atoms with E-state index in [9.17, 15) is 29.1 Å². The molecule has 4 aromatic carbocycles. The van der Waals surface area contributed by atoms with E-state index >= 15 is 0 Å². The number of carboxylic acid groups (broad SMARTS) is 1. The Hall–Kier alpha value is -5.21. The van der Waals surface area contributed by atoms with Gasteiger partial charge in [0.15, 0.2) is 11.6 Å². The van der Waals surface area contributed by atoms with E-state index in [0.717, 1.165) is 21.6 Å². The van der Waals surface area contributed by atoms with Crippen LogP contribution in [0, 0.1) is 18.8 Å². The van der Waals surface area contributed by atoms with Gasteiger partial charge in [-0.25, -0.2) is 0 Å². The Kier molecular flexibility index (Phi) is 6.41. The molecule has 0 saturated carbocycles. The zero-order valence-electron chi connectivity index (χ0n) is 23.8. The SMILES string of the molecule is Cc1ccccc1C1NC(Cc2ccccc2)(C(=O)O)C2C(=O)N(Cc3ccc4c(c3)C(=O)c3ccccc3C4=O)C(=O)C12. The third-order valence-electron chi connectivity index (χ3n) is 9.31. The van der Waals surface area contributed by atoms with E-state index in [1.807, 2.05) is 61.5 Å². The second-order valence-corrected chi connectivity index (χ2v) is 11.8. The topological polar surface area (TPSA) is 121 Å². The Morgan fingerprint density at radius 3 is 2.05 bits per heavy atom. The van der Waals surface area contributed by atoms with E-state index in [2.05, 4.69) is 5.32 Å². The molecule has 0 bridgehead atoms. The number of imide groups is 1. The Labute approximate surface area is 253 Å². The van der Waals surface area contributed by atoms with E-state index in [1.54, 1.807) is 42.5 Å². The lowest BCUT2D eigenvalue weighted by Crippen LogP contribution is -2.57. The van der Waals surface area contributed by atoms with Crippen LogP contribution in [0.4, 0.5) is 0 Å². The summed E-state index contributed by atoms with van der Waals surface area (Å²) in [6.45, 7) is 1.75. The number of likely N-dealkylation sites (tertiary alicyclic amines) is 1. The van der Waals surface area contributed by atoms with Crippen LogP contribution in [-0.2, 0) is 27.3 Å². The molecule has 1 aliphatic carbocycles. The van der Waals surface area contributed by atoms with Crippen LogP contribution >= 0.6 is 0 Å². The number of rotatable bonds is 6. The maximum Gasteiger partial charge on any atom is 0.325 e. The van der Waals surface area contributed by atoms with Crippen molar-refractivity contribution in [1.82, 2.24) is 10.2 Å². The van der Waals surface area contributed by atoms with Gasteiger partial charge in [-0.05, 0) is 41.3 Å². The molecular formula is C36H28N2O6. The second kappa shape index (κ2) is 10.2. The first kappa shape index (κ1) is 27.6. The third-order valence-corrected chi connectivity index (χ3v) is 9.31. The number of amides is 2. The Morgan fingerprint density at radius 2 is 1.36 bits per heavy atom. The van der Waals surface area contributed by atoms with Crippen LogP contribution in [-0.4, -0.2) is 44.9 Å². The monoisotopic (exact) mass is 584 g/mol. The van der Waals surface area contributed by atoms with Crippen LogP contribution in [0.5, 0.6) is 0 Å². The predicted octanol–water partition coefficient (Wildman–Crippen LogP) is 4.28. The molecule has 2 heterocycles. The fraction of sp³-hybridized carbons (Fsp3) is 0.194. The Balaban J connectivity index is 1.28. The van der Waals surface area contributed by atoms with Gasteiger partial charge in [-0.15, -0.1) is 0 Å². The van der Waals surface area contributed by atoms with Gasteiger partial charge in [0.2, 0.25) is 11.8 Å². The van der Waals surface area contributed by atoms with Crippen LogP contribution in [0.1, 0.15) is 60.1 Å². The number of ketones is 2. The van der Waals surface area contributed by atoms with E-state index in [-0.39, 0.29) is 35.7 Å². The summed E-state index contributed by atoms with van der Waals surface area (Å²) in [7, 11) is 0. The first-order valence-electron chi connectivity index (χ1n) is 14.5. The summed E-state index contributed by atoms with van der Waals surface area (Å²) in [6.07, 6.45) is 0.00838. The first-order valence-corrected chi connectivity index (χ1v) is 14.5. The molecular weight excluding hydrogens is 556 g/mol. The van der Waals surface area contributed by atoms with Gasteiger partial charge >= 0.3 is 5.97 Å². The first-order chi connectivity index (χ1) is 21.2. The summed E-state index contributed by atoms with van der Waals surface area (Å²) < 4.78 is 0. The molecule has 4 unspecified atom stereocenters. The minimum atomic E-state index is -1.73. The number of carbonyl (C=O) groups is 5. The molecule has 0 spiro atoms. The second-order valence-electron chi connectivity index (χ2n) is 11.8. The van der Waals surface area contributed by atoms with Gasteiger partial charge in [-0.2, -0.15) is 0 Å². The normalized spacial score (nSPS) is 23.8. The lowest BCUT2D eigenvalue weighted by atomic mass is 9.76. The molecule has 4 atom stereocenters. The number of hydrogen-bond donors (Lipinski definition) is 2. The van der Waals surface area contributed by atoms with Crippen molar-refractivity contribution >= 4 is 29.4 Å². The summed E-state index contributed by atoms with van der Waals surface area (Å²) in [6, 6.07) is 27.2. The molecule has 8 heteroatoms. The van der Waals surface area contributed by atoms with Gasteiger partial charge < -0.3 is 5.11 Å². The number of benzene rings is 4. The molecule has 7 rings (SSSR count). The molecule has 2 fully saturated rings. The van der Waals surface area contributed by atoms with Crippen molar-refractivity contribution in [2.45, 2.75) is 31.5 Å². The van der Waals surface area contributed by atoms with Crippen molar-refractivity contribution in [3.8, 4) is 0 Å². The highest BCUT2D eigenvalue weighted by Gasteiger charge is 2.68. The number of hydrogen-bond acceptors (Lipinski definition) is 6. The van der Waals surface area contributed by atoms with E-state index in [4.69, 9.17) is 0 Å². The number of fused-ring (bicyclic) bond motifs is 3. The quantitative estimate of drug-likeness (QED) is 0.286. The molecule has 218 valence electrons. The van der Waals surface area contributed by atoms with Gasteiger partial charge in [-0.3, -0.25) is 34.2 Å². The van der Waals surface area contributed by atoms with Crippen molar-refractivity contribution in [2.24, 2.45) is 11.8 Å². The molecule has 44 heavy (non-hydrogen) atoms. The molecule has 4 aromatic rings. The summed E-state index contributed by atoms with van der Waals surface area (Å²) >= 11 is 0. The molecule has 3 aliphatic rings. The molecule has 2 amide bonds. The van der Waals surface area contributed by atoms with Crippen LogP contribution < -0.4 is 5.32 Å². The molecule has 2 saturated heterocycles. The predicted molar refractivity (Wildman–Crippen MR) is 160 cm³/mol. The van der Waals surface area contributed by atoms with Crippen molar-refractivity contribution in [2.75, 3.05) is 0 Å². The van der Waals surface area contributed by atoms with E-state index in [0.29, 0.717) is 16.7 Å². The van der Waals surface area contributed by atoms with Crippen LogP contribution in [0.3, 0.4) is 0 Å². The number of aryl methyl sites for hydroxylation is 1. The highest BCUT2D eigenvalue weighted by atomic mass is 16.4. The van der Waals surface area contributed by atoms with E-state index in [1.165, 1.54) is 0 Å². The number of carboxylic acids is 1. The fourth-order valence-corrected chi connectivity index (χ4v) is 7.20.